The maximum absolute atomic E-state index is 3.76. The maximum Gasteiger partial charge on any atom is 0.0308 e. The van der Waals surface area contributed by atoms with Crippen LogP contribution in [0.3, 0.4) is 0 Å². The molecule has 0 saturated carbocycles. The van der Waals surface area contributed by atoms with E-state index >= 15 is 0 Å². The second-order valence-corrected chi connectivity index (χ2v) is 5.96. The number of nitrogens with one attached hydrogen (secondary N) is 1. The van der Waals surface area contributed by atoms with Gasteiger partial charge in [0.25, 0.3) is 0 Å². The number of rotatable bonds is 7. The zero-order chi connectivity index (χ0) is 12.9. The summed E-state index contributed by atoms with van der Waals surface area (Å²) in [7, 11) is 0. The molecule has 0 bridgehead atoms. The molecule has 0 aromatic rings. The predicted molar refractivity (Wildman–Crippen MR) is 76.4 cm³/mol. The summed E-state index contributed by atoms with van der Waals surface area (Å²) in [5.74, 6) is 0.797. The van der Waals surface area contributed by atoms with Crippen LogP contribution < -0.4 is 5.32 Å². The quantitative estimate of drug-likeness (QED) is 0.735. The Balaban J connectivity index is 2.78. The summed E-state index contributed by atoms with van der Waals surface area (Å²) in [6.07, 6.45) is 5.33. The van der Waals surface area contributed by atoms with Gasteiger partial charge in [-0.1, -0.05) is 33.6 Å². The minimum Gasteiger partial charge on any atom is -0.312 e. The molecule has 1 aliphatic rings. The van der Waals surface area contributed by atoms with Gasteiger partial charge in [-0.15, -0.1) is 0 Å². The Bertz CT molecular complexity index is 203. The molecule has 0 aromatic heterocycles. The highest BCUT2D eigenvalue weighted by Gasteiger charge is 2.39. The van der Waals surface area contributed by atoms with E-state index < -0.39 is 0 Å². The third kappa shape index (κ3) is 3.45. The lowest BCUT2D eigenvalue weighted by atomic mass is 9.80. The lowest BCUT2D eigenvalue weighted by molar-refractivity contribution is 0.0752. The van der Waals surface area contributed by atoms with Gasteiger partial charge in [0.2, 0.25) is 0 Å². The summed E-state index contributed by atoms with van der Waals surface area (Å²) in [6.45, 7) is 15.4. The Labute approximate surface area is 108 Å². The largest absolute Gasteiger partial charge is 0.312 e. The zero-order valence-corrected chi connectivity index (χ0v) is 12.6. The number of hydrogen-bond donors (Lipinski definition) is 1. The molecule has 1 fully saturated rings. The molecule has 0 radical (unpaired) electrons. The molecular weight excluding hydrogens is 208 g/mol. The Morgan fingerprint density at radius 1 is 1.06 bits per heavy atom. The summed E-state index contributed by atoms with van der Waals surface area (Å²) in [6, 6.07) is 0.626. The summed E-state index contributed by atoms with van der Waals surface area (Å²) in [4.78, 5) is 2.69. The van der Waals surface area contributed by atoms with Crippen LogP contribution >= 0.6 is 0 Å². The molecule has 102 valence electrons. The maximum atomic E-state index is 3.76. The highest BCUT2D eigenvalue weighted by molar-refractivity contribution is 4.97. The molecule has 0 aliphatic carbocycles. The monoisotopic (exact) mass is 240 g/mol. The Morgan fingerprint density at radius 3 is 2.00 bits per heavy atom. The summed E-state index contributed by atoms with van der Waals surface area (Å²) in [5, 5.41) is 3.76. The molecule has 0 amide bonds. The van der Waals surface area contributed by atoms with E-state index in [1.165, 1.54) is 38.8 Å². The van der Waals surface area contributed by atoms with Gasteiger partial charge < -0.3 is 5.32 Å². The van der Waals surface area contributed by atoms with Crippen molar-refractivity contribution in [1.29, 1.82) is 0 Å². The molecule has 0 aromatic carbocycles. The normalized spacial score (nSPS) is 20.1. The molecule has 2 nitrogen and oxygen atoms in total. The third-order valence-corrected chi connectivity index (χ3v) is 4.63. The fourth-order valence-corrected chi connectivity index (χ4v) is 3.46. The topological polar surface area (TPSA) is 15.3 Å². The van der Waals surface area contributed by atoms with Crippen molar-refractivity contribution in [1.82, 2.24) is 10.2 Å². The van der Waals surface area contributed by atoms with Crippen molar-refractivity contribution >= 4 is 0 Å². The van der Waals surface area contributed by atoms with Gasteiger partial charge in [-0.25, -0.2) is 0 Å². The highest BCUT2D eigenvalue weighted by Crippen LogP contribution is 2.30. The Kier molecular flexibility index (Phi) is 5.94. The second-order valence-electron chi connectivity index (χ2n) is 5.96. The molecule has 1 atom stereocenters. The molecule has 1 heterocycles. The van der Waals surface area contributed by atoms with E-state index in [9.17, 15) is 0 Å². The highest BCUT2D eigenvalue weighted by atomic mass is 15.2. The van der Waals surface area contributed by atoms with Crippen LogP contribution in [0.1, 0.15) is 60.3 Å². The van der Waals surface area contributed by atoms with E-state index in [1.54, 1.807) is 0 Å². The van der Waals surface area contributed by atoms with Crippen LogP contribution in [0, 0.1) is 5.92 Å². The van der Waals surface area contributed by atoms with Crippen molar-refractivity contribution in [3.63, 3.8) is 0 Å². The van der Waals surface area contributed by atoms with E-state index in [-0.39, 0.29) is 0 Å². The molecule has 1 saturated heterocycles. The minimum absolute atomic E-state index is 0.295. The third-order valence-electron chi connectivity index (χ3n) is 4.63. The molecule has 1 aliphatic heterocycles. The van der Waals surface area contributed by atoms with Crippen molar-refractivity contribution in [3.05, 3.63) is 0 Å². The Morgan fingerprint density at radius 2 is 1.59 bits per heavy atom. The van der Waals surface area contributed by atoms with Crippen LogP contribution in [0.15, 0.2) is 0 Å². The van der Waals surface area contributed by atoms with Crippen molar-refractivity contribution in [3.8, 4) is 0 Å². The van der Waals surface area contributed by atoms with Gasteiger partial charge in [0.15, 0.2) is 0 Å². The van der Waals surface area contributed by atoms with Gasteiger partial charge in [0.1, 0.15) is 0 Å². The van der Waals surface area contributed by atoms with Gasteiger partial charge in [-0.05, 0) is 52.2 Å². The van der Waals surface area contributed by atoms with E-state index in [0.29, 0.717) is 11.6 Å². The van der Waals surface area contributed by atoms with Crippen LogP contribution in [0.4, 0.5) is 0 Å². The second kappa shape index (κ2) is 6.75. The molecular formula is C15H32N2. The van der Waals surface area contributed by atoms with Crippen molar-refractivity contribution in [2.24, 2.45) is 5.92 Å². The standard InChI is InChI=1S/C15H32N2/c1-6-13(7-2)14(16-8-3)15(4,5)17-11-9-10-12-17/h13-14,16H,6-12H2,1-5H3. The SMILES string of the molecule is CCNC(C(CC)CC)C(C)(C)N1CCCC1. The molecule has 1 N–H and O–H groups in total. The number of likely N-dealkylation sites (N-methyl/N-ethyl adjacent to an activating group) is 1. The Hall–Kier alpha value is -0.0800. The summed E-state index contributed by atoms with van der Waals surface area (Å²) in [5.41, 5.74) is 0.295. The van der Waals surface area contributed by atoms with Crippen molar-refractivity contribution in [2.75, 3.05) is 19.6 Å². The first-order valence-corrected chi connectivity index (χ1v) is 7.56. The summed E-state index contributed by atoms with van der Waals surface area (Å²) >= 11 is 0. The molecule has 2 heteroatoms. The van der Waals surface area contributed by atoms with E-state index in [1.807, 2.05) is 0 Å². The van der Waals surface area contributed by atoms with E-state index in [0.717, 1.165) is 12.5 Å². The van der Waals surface area contributed by atoms with E-state index in [2.05, 4.69) is 44.8 Å². The first-order chi connectivity index (χ1) is 8.07. The molecule has 1 rings (SSSR count). The van der Waals surface area contributed by atoms with Crippen LogP contribution in [-0.2, 0) is 0 Å². The van der Waals surface area contributed by atoms with E-state index in [4.69, 9.17) is 0 Å². The average molecular weight is 240 g/mol. The first-order valence-electron chi connectivity index (χ1n) is 7.56. The summed E-state index contributed by atoms with van der Waals surface area (Å²) < 4.78 is 0. The number of hydrogen-bond acceptors (Lipinski definition) is 2. The van der Waals surface area contributed by atoms with Gasteiger partial charge in [-0.3, -0.25) is 4.90 Å². The van der Waals surface area contributed by atoms with Crippen molar-refractivity contribution < 1.29 is 0 Å². The fraction of sp³-hybridized carbons (Fsp3) is 1.00. The first kappa shape index (κ1) is 15.0. The van der Waals surface area contributed by atoms with Crippen molar-refractivity contribution in [2.45, 2.75) is 71.9 Å². The smallest absolute Gasteiger partial charge is 0.0308 e. The van der Waals surface area contributed by atoms with Gasteiger partial charge in [-0.2, -0.15) is 0 Å². The predicted octanol–water partition coefficient (Wildman–Crippen LogP) is 3.28. The van der Waals surface area contributed by atoms with Crippen LogP contribution in [-0.4, -0.2) is 36.1 Å². The fourth-order valence-electron chi connectivity index (χ4n) is 3.46. The molecule has 1 unspecified atom stereocenters. The molecule has 0 spiro atoms. The van der Waals surface area contributed by atoms with Gasteiger partial charge >= 0.3 is 0 Å². The van der Waals surface area contributed by atoms with Gasteiger partial charge in [0.05, 0.1) is 0 Å². The zero-order valence-electron chi connectivity index (χ0n) is 12.6. The number of likely N-dealkylation sites (tertiary alicyclic amines) is 1. The van der Waals surface area contributed by atoms with Gasteiger partial charge in [0, 0.05) is 11.6 Å². The van der Waals surface area contributed by atoms with Crippen LogP contribution in [0.2, 0.25) is 0 Å². The minimum atomic E-state index is 0.295. The lowest BCUT2D eigenvalue weighted by Gasteiger charge is -2.46. The molecule has 17 heavy (non-hydrogen) atoms. The number of nitrogens with zero attached hydrogens (tertiary/aromatic N) is 1. The van der Waals surface area contributed by atoms with Crippen LogP contribution in [0.5, 0.6) is 0 Å². The van der Waals surface area contributed by atoms with Crippen LogP contribution in [0.25, 0.3) is 0 Å². The lowest BCUT2D eigenvalue weighted by Crippen LogP contribution is -2.59. The average Bonchev–Trinajstić information content (AvgIpc) is 2.83.